The zero-order valence-corrected chi connectivity index (χ0v) is 25.6. The van der Waals surface area contributed by atoms with Gasteiger partial charge in [0.1, 0.15) is 0 Å². The van der Waals surface area contributed by atoms with Gasteiger partial charge in [0.25, 0.3) is 0 Å². The Kier molecular flexibility index (Phi) is 5.15. The van der Waals surface area contributed by atoms with Crippen LogP contribution in [0.1, 0.15) is 30.5 Å². The van der Waals surface area contributed by atoms with Gasteiger partial charge in [0.05, 0.1) is 0 Å². The van der Waals surface area contributed by atoms with Crippen LogP contribution in [0.3, 0.4) is 0 Å². The Hall–Kier alpha value is -5.14. The van der Waals surface area contributed by atoms with Gasteiger partial charge in [-0.05, 0) is 97.2 Å². The molecule has 0 atom stereocenters. The second kappa shape index (κ2) is 8.94. The Balaban J connectivity index is 1.37. The number of hydrogen-bond donors (Lipinski definition) is 0. The second-order valence-electron chi connectivity index (χ2n) is 13.1. The number of rotatable bonds is 2. The van der Waals surface area contributed by atoms with Gasteiger partial charge in [-0.1, -0.05) is 123 Å². The summed E-state index contributed by atoms with van der Waals surface area (Å²) in [6, 6.07) is 47.9. The molecule has 0 amide bonds. The third-order valence-corrected chi connectivity index (χ3v) is 10.3. The van der Waals surface area contributed by atoms with Gasteiger partial charge in [0, 0.05) is 34.3 Å². The third kappa shape index (κ3) is 3.36. The standard InChI is InChI=1S/C43H33N/c1-26-17-20-33-36(23-26)42(27-18-21-38-34(24-27)29-11-7-9-15-37(29)43(38,2)3)32-14-6-5-13-31(32)41(33)28-19-22-40-35(25-28)30-12-8-10-16-39(30)44(40)4/h5-25H,1-4H3. The molecule has 1 aliphatic rings. The quantitative estimate of drug-likeness (QED) is 0.184. The molecule has 1 aromatic heterocycles. The van der Waals surface area contributed by atoms with Crippen LogP contribution in [0.4, 0.5) is 0 Å². The number of nitrogens with zero attached hydrogens (tertiary/aromatic N) is 1. The van der Waals surface area contributed by atoms with Crippen molar-refractivity contribution in [2.75, 3.05) is 0 Å². The summed E-state index contributed by atoms with van der Waals surface area (Å²) in [5.41, 5.74) is 14.5. The van der Waals surface area contributed by atoms with E-state index in [0.29, 0.717) is 0 Å². The van der Waals surface area contributed by atoms with E-state index in [0.717, 1.165) is 0 Å². The largest absolute Gasteiger partial charge is 0.344 e. The van der Waals surface area contributed by atoms with E-state index in [1.807, 2.05) is 0 Å². The molecular weight excluding hydrogens is 530 g/mol. The number of aryl methyl sites for hydroxylation is 2. The van der Waals surface area contributed by atoms with Crippen LogP contribution in [0, 0.1) is 6.92 Å². The SMILES string of the molecule is Cc1ccc2c(-c3ccc4c(c3)c3ccccc3n4C)c3ccccc3c(-c3ccc4c(c3)-c3ccccc3C4(C)C)c2c1. The van der Waals surface area contributed by atoms with E-state index in [4.69, 9.17) is 0 Å². The maximum absolute atomic E-state index is 2.45. The maximum atomic E-state index is 2.45. The molecule has 44 heavy (non-hydrogen) atoms. The predicted octanol–water partition coefficient (Wildman–Crippen LogP) is 11.6. The van der Waals surface area contributed by atoms with Gasteiger partial charge in [-0.2, -0.15) is 0 Å². The molecule has 1 heteroatoms. The van der Waals surface area contributed by atoms with Gasteiger partial charge in [0.2, 0.25) is 0 Å². The molecular formula is C43H33N. The normalized spacial score (nSPS) is 13.6. The highest BCUT2D eigenvalue weighted by atomic mass is 14.9. The van der Waals surface area contributed by atoms with Crippen molar-refractivity contribution >= 4 is 43.4 Å². The van der Waals surface area contributed by atoms with Crippen LogP contribution < -0.4 is 0 Å². The van der Waals surface area contributed by atoms with E-state index in [-0.39, 0.29) is 5.41 Å². The number of para-hydroxylation sites is 1. The Morgan fingerprint density at radius 3 is 1.86 bits per heavy atom. The Morgan fingerprint density at radius 1 is 0.455 bits per heavy atom. The van der Waals surface area contributed by atoms with Crippen molar-refractivity contribution in [2.45, 2.75) is 26.2 Å². The third-order valence-electron chi connectivity index (χ3n) is 10.3. The molecule has 0 saturated heterocycles. The molecule has 0 N–H and O–H groups in total. The van der Waals surface area contributed by atoms with Crippen molar-refractivity contribution in [3.05, 3.63) is 144 Å². The highest BCUT2D eigenvalue weighted by Gasteiger charge is 2.35. The van der Waals surface area contributed by atoms with E-state index in [1.165, 1.54) is 93.4 Å². The number of fused-ring (bicyclic) bond motifs is 8. The van der Waals surface area contributed by atoms with E-state index in [9.17, 15) is 0 Å². The van der Waals surface area contributed by atoms with Gasteiger partial charge in [-0.3, -0.25) is 0 Å². The maximum Gasteiger partial charge on any atom is 0.0489 e. The molecule has 8 aromatic rings. The first-order valence-corrected chi connectivity index (χ1v) is 15.6. The van der Waals surface area contributed by atoms with E-state index in [2.05, 4.69) is 160 Å². The van der Waals surface area contributed by atoms with Crippen LogP contribution in [0.25, 0.3) is 76.7 Å². The summed E-state index contributed by atoms with van der Waals surface area (Å²) >= 11 is 0. The van der Waals surface area contributed by atoms with Crippen molar-refractivity contribution in [3.8, 4) is 33.4 Å². The van der Waals surface area contributed by atoms with E-state index < -0.39 is 0 Å². The first-order chi connectivity index (χ1) is 21.4. The van der Waals surface area contributed by atoms with Gasteiger partial charge >= 0.3 is 0 Å². The smallest absolute Gasteiger partial charge is 0.0489 e. The fourth-order valence-corrected chi connectivity index (χ4v) is 8.11. The minimum Gasteiger partial charge on any atom is -0.344 e. The van der Waals surface area contributed by atoms with Gasteiger partial charge in [-0.25, -0.2) is 0 Å². The van der Waals surface area contributed by atoms with Crippen LogP contribution in [0.15, 0.2) is 127 Å². The van der Waals surface area contributed by atoms with Crippen LogP contribution in [0.5, 0.6) is 0 Å². The first-order valence-electron chi connectivity index (χ1n) is 15.6. The van der Waals surface area contributed by atoms with Gasteiger partial charge < -0.3 is 4.57 Å². The summed E-state index contributed by atoms with van der Waals surface area (Å²) in [6.45, 7) is 6.92. The van der Waals surface area contributed by atoms with Crippen LogP contribution in [-0.2, 0) is 12.5 Å². The highest BCUT2D eigenvalue weighted by molar-refractivity contribution is 6.22. The summed E-state index contributed by atoms with van der Waals surface area (Å²) < 4.78 is 2.31. The molecule has 0 spiro atoms. The highest BCUT2D eigenvalue weighted by Crippen LogP contribution is 2.51. The molecule has 1 nitrogen and oxygen atoms in total. The molecule has 1 aliphatic carbocycles. The van der Waals surface area contributed by atoms with Crippen molar-refractivity contribution in [1.82, 2.24) is 4.57 Å². The lowest BCUT2D eigenvalue weighted by Crippen LogP contribution is -2.14. The lowest BCUT2D eigenvalue weighted by atomic mass is 9.81. The van der Waals surface area contributed by atoms with Gasteiger partial charge in [-0.15, -0.1) is 0 Å². The molecule has 210 valence electrons. The Bertz CT molecular complexity index is 2490. The Labute approximate surface area is 258 Å². The Morgan fingerprint density at radius 2 is 1.05 bits per heavy atom. The lowest BCUT2D eigenvalue weighted by Gasteiger charge is -2.22. The monoisotopic (exact) mass is 563 g/mol. The summed E-state index contributed by atoms with van der Waals surface area (Å²) in [5.74, 6) is 0. The lowest BCUT2D eigenvalue weighted by molar-refractivity contribution is 0.660. The minimum atomic E-state index is -0.00467. The summed E-state index contributed by atoms with van der Waals surface area (Å²) in [4.78, 5) is 0. The average molecular weight is 564 g/mol. The van der Waals surface area contributed by atoms with Crippen LogP contribution in [-0.4, -0.2) is 4.57 Å². The van der Waals surface area contributed by atoms with E-state index >= 15 is 0 Å². The summed E-state index contributed by atoms with van der Waals surface area (Å²) in [5, 5.41) is 7.79. The predicted molar refractivity (Wildman–Crippen MR) is 189 cm³/mol. The first kappa shape index (κ1) is 25.4. The molecule has 0 radical (unpaired) electrons. The molecule has 0 saturated carbocycles. The van der Waals surface area contributed by atoms with E-state index in [1.54, 1.807) is 0 Å². The minimum absolute atomic E-state index is 0.00467. The zero-order chi connectivity index (χ0) is 29.7. The second-order valence-corrected chi connectivity index (χ2v) is 13.1. The van der Waals surface area contributed by atoms with Crippen molar-refractivity contribution in [1.29, 1.82) is 0 Å². The number of benzene rings is 7. The van der Waals surface area contributed by atoms with Crippen molar-refractivity contribution < 1.29 is 0 Å². The fourth-order valence-electron chi connectivity index (χ4n) is 8.11. The molecule has 7 aromatic carbocycles. The van der Waals surface area contributed by atoms with Crippen molar-refractivity contribution in [2.24, 2.45) is 7.05 Å². The summed E-state index contributed by atoms with van der Waals surface area (Å²) in [6.07, 6.45) is 0. The van der Waals surface area contributed by atoms with Gasteiger partial charge in [0.15, 0.2) is 0 Å². The number of hydrogen-bond acceptors (Lipinski definition) is 0. The molecule has 0 fully saturated rings. The average Bonchev–Trinajstić information content (AvgIpc) is 3.46. The summed E-state index contributed by atoms with van der Waals surface area (Å²) in [7, 11) is 2.17. The molecule has 0 unspecified atom stereocenters. The van der Waals surface area contributed by atoms with Crippen LogP contribution >= 0.6 is 0 Å². The number of aromatic nitrogens is 1. The topological polar surface area (TPSA) is 4.93 Å². The molecule has 1 heterocycles. The van der Waals surface area contributed by atoms with Crippen molar-refractivity contribution in [3.63, 3.8) is 0 Å². The molecule has 0 aliphatic heterocycles. The fraction of sp³-hybridized carbons (Fsp3) is 0.116. The zero-order valence-electron chi connectivity index (χ0n) is 25.6. The molecule has 0 bridgehead atoms. The molecule has 9 rings (SSSR count). The van der Waals surface area contributed by atoms with Crippen LogP contribution in [0.2, 0.25) is 0 Å².